The van der Waals surface area contributed by atoms with Gasteiger partial charge in [-0.15, -0.1) is 0 Å². The third kappa shape index (κ3) is 2.25. The van der Waals surface area contributed by atoms with Gasteiger partial charge in [0.1, 0.15) is 0 Å². The Kier molecular flexibility index (Phi) is 3.23. The van der Waals surface area contributed by atoms with Crippen LogP contribution in [0.2, 0.25) is 0 Å². The zero-order chi connectivity index (χ0) is 14.1. The molecule has 1 aliphatic rings. The van der Waals surface area contributed by atoms with Crippen LogP contribution in [-0.2, 0) is 0 Å². The molecule has 1 saturated carbocycles. The lowest BCUT2D eigenvalue weighted by Crippen LogP contribution is -2.11. The molecule has 2 nitrogen and oxygen atoms in total. The molecule has 4 rings (SSSR count). The van der Waals surface area contributed by atoms with Gasteiger partial charge in [-0.1, -0.05) is 55.7 Å². The molecule has 106 valence electrons. The Bertz CT molecular complexity index is 737. The summed E-state index contributed by atoms with van der Waals surface area (Å²) < 4.78 is 2.18. The van der Waals surface area contributed by atoms with E-state index in [1.807, 2.05) is 0 Å². The minimum absolute atomic E-state index is 0.645. The van der Waals surface area contributed by atoms with Gasteiger partial charge in [0.25, 0.3) is 0 Å². The van der Waals surface area contributed by atoms with E-state index < -0.39 is 0 Å². The number of fused-ring (bicyclic) bond motifs is 1. The molecule has 2 heteroatoms. The van der Waals surface area contributed by atoms with Crippen molar-refractivity contribution in [2.24, 2.45) is 0 Å². The third-order valence-electron chi connectivity index (χ3n) is 4.61. The van der Waals surface area contributed by atoms with Gasteiger partial charge in [0.05, 0.1) is 16.9 Å². The van der Waals surface area contributed by atoms with E-state index in [1.54, 1.807) is 0 Å². The number of rotatable bonds is 2. The fourth-order valence-corrected chi connectivity index (χ4v) is 3.59. The Labute approximate surface area is 125 Å². The van der Waals surface area contributed by atoms with Crippen molar-refractivity contribution in [3.63, 3.8) is 0 Å². The molecule has 0 saturated heterocycles. The highest BCUT2D eigenvalue weighted by atomic mass is 15.3. The lowest BCUT2D eigenvalue weighted by atomic mass is 9.85. The minimum atomic E-state index is 0.645. The molecule has 0 spiro atoms. The lowest BCUT2D eigenvalue weighted by Gasteiger charge is -2.23. The molecule has 0 atom stereocenters. The van der Waals surface area contributed by atoms with Crippen molar-refractivity contribution in [3.05, 3.63) is 60.3 Å². The first kappa shape index (κ1) is 12.6. The summed E-state index contributed by atoms with van der Waals surface area (Å²) >= 11 is 0. The van der Waals surface area contributed by atoms with E-state index in [9.17, 15) is 0 Å². The van der Waals surface area contributed by atoms with E-state index in [-0.39, 0.29) is 0 Å². The Hall–Kier alpha value is -2.09. The Morgan fingerprint density at radius 3 is 2.33 bits per heavy atom. The zero-order valence-corrected chi connectivity index (χ0v) is 12.2. The van der Waals surface area contributed by atoms with Gasteiger partial charge in [-0.2, -0.15) is 5.10 Å². The van der Waals surface area contributed by atoms with Gasteiger partial charge >= 0.3 is 0 Å². The minimum Gasteiger partial charge on any atom is -0.236 e. The van der Waals surface area contributed by atoms with Crippen LogP contribution >= 0.6 is 0 Å². The van der Waals surface area contributed by atoms with Crippen molar-refractivity contribution in [3.8, 4) is 5.69 Å². The highest BCUT2D eigenvalue weighted by molar-refractivity contribution is 5.82. The quantitative estimate of drug-likeness (QED) is 0.638. The second-order valence-electron chi connectivity index (χ2n) is 5.98. The predicted molar refractivity (Wildman–Crippen MR) is 86.9 cm³/mol. The molecule has 0 bridgehead atoms. The molecule has 3 aromatic rings. The van der Waals surface area contributed by atoms with Gasteiger partial charge in [-0.3, -0.25) is 0 Å². The summed E-state index contributed by atoms with van der Waals surface area (Å²) in [7, 11) is 0. The molecule has 1 aliphatic carbocycles. The molecule has 0 radical (unpaired) electrons. The molecular formula is C19H20N2. The molecule has 0 unspecified atom stereocenters. The van der Waals surface area contributed by atoms with Crippen molar-refractivity contribution in [1.29, 1.82) is 0 Å². The second-order valence-corrected chi connectivity index (χ2v) is 5.98. The van der Waals surface area contributed by atoms with E-state index >= 15 is 0 Å². The van der Waals surface area contributed by atoms with Gasteiger partial charge < -0.3 is 0 Å². The maximum atomic E-state index is 4.87. The van der Waals surface area contributed by atoms with Gasteiger partial charge in [0.2, 0.25) is 0 Å². The van der Waals surface area contributed by atoms with Crippen LogP contribution < -0.4 is 0 Å². The molecule has 2 aromatic carbocycles. The van der Waals surface area contributed by atoms with Gasteiger partial charge in [0.15, 0.2) is 0 Å². The highest BCUT2D eigenvalue weighted by Crippen LogP contribution is 2.37. The van der Waals surface area contributed by atoms with Gasteiger partial charge in [-0.25, -0.2) is 4.68 Å². The third-order valence-corrected chi connectivity index (χ3v) is 4.61. The van der Waals surface area contributed by atoms with E-state index in [0.717, 1.165) is 5.52 Å². The largest absolute Gasteiger partial charge is 0.236 e. The van der Waals surface area contributed by atoms with Crippen LogP contribution in [0, 0.1) is 0 Å². The lowest BCUT2D eigenvalue weighted by molar-refractivity contribution is 0.432. The van der Waals surface area contributed by atoms with E-state index in [1.165, 1.54) is 48.9 Å². The van der Waals surface area contributed by atoms with Crippen LogP contribution in [0.1, 0.15) is 43.7 Å². The summed E-state index contributed by atoms with van der Waals surface area (Å²) in [6.45, 7) is 0. The normalized spacial score (nSPS) is 16.4. The number of nitrogens with zero attached hydrogens (tertiary/aromatic N) is 2. The first-order chi connectivity index (χ1) is 10.4. The van der Waals surface area contributed by atoms with Crippen LogP contribution in [0.4, 0.5) is 0 Å². The maximum absolute atomic E-state index is 4.87. The summed E-state index contributed by atoms with van der Waals surface area (Å²) in [5.41, 5.74) is 3.70. The predicted octanol–water partition coefficient (Wildman–Crippen LogP) is 5.07. The average molecular weight is 276 g/mol. The SMILES string of the molecule is c1ccc(-n2nc3ccccc3c2C2CCCCC2)cc1. The van der Waals surface area contributed by atoms with Crippen LogP contribution in [0.5, 0.6) is 0 Å². The summed E-state index contributed by atoms with van der Waals surface area (Å²) in [6, 6.07) is 19.1. The van der Waals surface area contributed by atoms with E-state index in [0.29, 0.717) is 5.92 Å². The summed E-state index contributed by atoms with van der Waals surface area (Å²) in [5, 5.41) is 6.20. The summed E-state index contributed by atoms with van der Waals surface area (Å²) in [4.78, 5) is 0. The number of para-hydroxylation sites is 1. The van der Waals surface area contributed by atoms with E-state index in [2.05, 4.69) is 59.3 Å². The molecule has 1 fully saturated rings. The Balaban J connectivity index is 1.92. The maximum Gasteiger partial charge on any atom is 0.0930 e. The van der Waals surface area contributed by atoms with Crippen molar-refractivity contribution in [1.82, 2.24) is 9.78 Å². The standard InChI is InChI=1S/C19H20N2/c1-3-9-15(10-4-1)19-17-13-7-8-14-18(17)20-21(19)16-11-5-2-6-12-16/h2,5-8,11-15H,1,3-4,9-10H2. The number of hydrogen-bond donors (Lipinski definition) is 0. The van der Waals surface area contributed by atoms with Gasteiger partial charge in [0, 0.05) is 11.3 Å². The smallest absolute Gasteiger partial charge is 0.0930 e. The van der Waals surface area contributed by atoms with Crippen LogP contribution in [0.25, 0.3) is 16.6 Å². The molecule has 0 amide bonds. The van der Waals surface area contributed by atoms with Gasteiger partial charge in [-0.05, 0) is 31.0 Å². The molecule has 21 heavy (non-hydrogen) atoms. The molecule has 1 heterocycles. The van der Waals surface area contributed by atoms with Crippen LogP contribution in [0.3, 0.4) is 0 Å². The molecule has 1 aromatic heterocycles. The number of benzene rings is 2. The molecule has 0 N–H and O–H groups in total. The monoisotopic (exact) mass is 276 g/mol. The molecule has 0 aliphatic heterocycles. The van der Waals surface area contributed by atoms with Crippen molar-refractivity contribution >= 4 is 10.9 Å². The average Bonchev–Trinajstić information content (AvgIpc) is 2.96. The van der Waals surface area contributed by atoms with Crippen molar-refractivity contribution in [2.45, 2.75) is 38.0 Å². The fourth-order valence-electron chi connectivity index (χ4n) is 3.59. The highest BCUT2D eigenvalue weighted by Gasteiger charge is 2.23. The number of hydrogen-bond acceptors (Lipinski definition) is 1. The number of aromatic nitrogens is 2. The van der Waals surface area contributed by atoms with Crippen LogP contribution in [-0.4, -0.2) is 9.78 Å². The summed E-state index contributed by atoms with van der Waals surface area (Å²) in [6.07, 6.45) is 6.66. The first-order valence-electron chi connectivity index (χ1n) is 7.96. The van der Waals surface area contributed by atoms with Crippen molar-refractivity contribution in [2.75, 3.05) is 0 Å². The first-order valence-corrected chi connectivity index (χ1v) is 7.96. The fraction of sp³-hybridized carbons (Fsp3) is 0.316. The topological polar surface area (TPSA) is 17.8 Å². The Morgan fingerprint density at radius 2 is 1.52 bits per heavy atom. The van der Waals surface area contributed by atoms with E-state index in [4.69, 9.17) is 5.10 Å². The zero-order valence-electron chi connectivity index (χ0n) is 12.2. The molecular weight excluding hydrogens is 256 g/mol. The second kappa shape index (κ2) is 5.36. The summed E-state index contributed by atoms with van der Waals surface area (Å²) in [5.74, 6) is 0.645. The van der Waals surface area contributed by atoms with Crippen LogP contribution in [0.15, 0.2) is 54.6 Å². The Morgan fingerprint density at radius 1 is 0.810 bits per heavy atom. The van der Waals surface area contributed by atoms with Crippen molar-refractivity contribution < 1.29 is 0 Å².